The summed E-state index contributed by atoms with van der Waals surface area (Å²) in [6.07, 6.45) is 7.24. The Balaban J connectivity index is 1.89. The van der Waals surface area contributed by atoms with Crippen LogP contribution in [0.15, 0.2) is 22.9 Å². The van der Waals surface area contributed by atoms with Gasteiger partial charge in [-0.25, -0.2) is 0 Å². The SMILES string of the molecule is CCCC(CCN)CCc1nc(-c2ccc[nH]2)no1. The van der Waals surface area contributed by atoms with Crippen molar-refractivity contribution in [3.05, 3.63) is 24.2 Å². The highest BCUT2D eigenvalue weighted by atomic mass is 16.5. The van der Waals surface area contributed by atoms with Crippen LogP contribution in [0.3, 0.4) is 0 Å². The van der Waals surface area contributed by atoms with Crippen LogP contribution in [0.1, 0.15) is 38.5 Å². The van der Waals surface area contributed by atoms with Gasteiger partial charge in [0, 0.05) is 12.6 Å². The number of aromatic amines is 1. The van der Waals surface area contributed by atoms with Crippen LogP contribution >= 0.6 is 0 Å². The van der Waals surface area contributed by atoms with E-state index in [0.717, 1.165) is 31.5 Å². The highest BCUT2D eigenvalue weighted by Gasteiger charge is 2.12. The Morgan fingerprint density at radius 2 is 2.26 bits per heavy atom. The van der Waals surface area contributed by atoms with Crippen molar-refractivity contribution in [2.75, 3.05) is 6.54 Å². The lowest BCUT2D eigenvalue weighted by Crippen LogP contribution is -2.09. The summed E-state index contributed by atoms with van der Waals surface area (Å²) in [5, 5.41) is 3.99. The Hall–Kier alpha value is -1.62. The molecule has 0 fully saturated rings. The molecule has 2 aromatic rings. The van der Waals surface area contributed by atoms with Crippen molar-refractivity contribution in [2.24, 2.45) is 11.7 Å². The molecule has 3 N–H and O–H groups in total. The molecule has 0 bridgehead atoms. The van der Waals surface area contributed by atoms with Crippen LogP contribution in [0.2, 0.25) is 0 Å². The van der Waals surface area contributed by atoms with Gasteiger partial charge in [-0.3, -0.25) is 0 Å². The van der Waals surface area contributed by atoms with E-state index in [9.17, 15) is 0 Å². The molecule has 0 aromatic carbocycles. The van der Waals surface area contributed by atoms with Gasteiger partial charge in [-0.05, 0) is 37.4 Å². The van der Waals surface area contributed by atoms with Crippen LogP contribution < -0.4 is 5.73 Å². The van der Waals surface area contributed by atoms with E-state index in [1.807, 2.05) is 18.3 Å². The standard InChI is InChI=1S/C14H22N4O/c1-2-4-11(8-9-15)6-7-13-17-14(18-19-13)12-5-3-10-16-12/h3,5,10-11,16H,2,4,6-9,15H2,1H3. The predicted octanol–water partition coefficient (Wildman–Crippen LogP) is 2.76. The number of aromatic nitrogens is 3. The molecular formula is C14H22N4O. The molecule has 2 rings (SSSR count). The molecule has 0 radical (unpaired) electrons. The van der Waals surface area contributed by atoms with E-state index < -0.39 is 0 Å². The first-order chi connectivity index (χ1) is 9.33. The van der Waals surface area contributed by atoms with Crippen LogP contribution in [0.25, 0.3) is 11.5 Å². The van der Waals surface area contributed by atoms with Crippen molar-refractivity contribution >= 4 is 0 Å². The van der Waals surface area contributed by atoms with Crippen LogP contribution in [0, 0.1) is 5.92 Å². The molecule has 104 valence electrons. The quantitative estimate of drug-likeness (QED) is 0.766. The molecule has 0 aliphatic rings. The minimum absolute atomic E-state index is 0.630. The van der Waals surface area contributed by atoms with Crippen molar-refractivity contribution in [1.29, 1.82) is 0 Å². The van der Waals surface area contributed by atoms with Gasteiger partial charge >= 0.3 is 0 Å². The number of aryl methyl sites for hydroxylation is 1. The maximum Gasteiger partial charge on any atom is 0.227 e. The largest absolute Gasteiger partial charge is 0.359 e. The molecule has 0 saturated carbocycles. The van der Waals surface area contributed by atoms with Crippen molar-refractivity contribution in [3.8, 4) is 11.5 Å². The Labute approximate surface area is 113 Å². The lowest BCUT2D eigenvalue weighted by Gasteiger charge is -2.13. The van der Waals surface area contributed by atoms with Gasteiger partial charge in [-0.2, -0.15) is 4.98 Å². The highest BCUT2D eigenvalue weighted by molar-refractivity contribution is 5.47. The van der Waals surface area contributed by atoms with E-state index in [-0.39, 0.29) is 0 Å². The van der Waals surface area contributed by atoms with E-state index in [4.69, 9.17) is 10.3 Å². The zero-order chi connectivity index (χ0) is 13.5. The molecular weight excluding hydrogens is 240 g/mol. The smallest absolute Gasteiger partial charge is 0.227 e. The van der Waals surface area contributed by atoms with Crippen molar-refractivity contribution in [3.63, 3.8) is 0 Å². The zero-order valence-electron chi connectivity index (χ0n) is 11.4. The summed E-state index contributed by atoms with van der Waals surface area (Å²) >= 11 is 0. The molecule has 1 atom stereocenters. The number of H-pyrrole nitrogens is 1. The number of nitrogens with two attached hydrogens (primary N) is 1. The van der Waals surface area contributed by atoms with Gasteiger partial charge in [0.2, 0.25) is 11.7 Å². The normalized spacial score (nSPS) is 12.7. The molecule has 19 heavy (non-hydrogen) atoms. The molecule has 2 aromatic heterocycles. The fourth-order valence-electron chi connectivity index (χ4n) is 2.34. The maximum absolute atomic E-state index is 5.64. The molecule has 0 spiro atoms. The third-order valence-corrected chi connectivity index (χ3v) is 3.35. The number of rotatable bonds is 8. The van der Waals surface area contributed by atoms with Gasteiger partial charge in [0.05, 0.1) is 5.69 Å². The fraction of sp³-hybridized carbons (Fsp3) is 0.571. The summed E-state index contributed by atoms with van der Waals surface area (Å²) in [7, 11) is 0. The van der Waals surface area contributed by atoms with Crippen LogP contribution in [0.4, 0.5) is 0 Å². The molecule has 5 nitrogen and oxygen atoms in total. The topological polar surface area (TPSA) is 80.7 Å². The minimum Gasteiger partial charge on any atom is -0.359 e. The Morgan fingerprint density at radius 1 is 1.37 bits per heavy atom. The number of hydrogen-bond donors (Lipinski definition) is 2. The number of nitrogens with one attached hydrogen (secondary N) is 1. The Bertz CT molecular complexity index is 458. The molecule has 0 amide bonds. The molecule has 1 unspecified atom stereocenters. The van der Waals surface area contributed by atoms with Gasteiger partial charge in [0.25, 0.3) is 0 Å². The summed E-state index contributed by atoms with van der Waals surface area (Å²) < 4.78 is 5.28. The van der Waals surface area contributed by atoms with Crippen LogP contribution in [-0.2, 0) is 6.42 Å². The average Bonchev–Trinajstić information content (AvgIpc) is 3.07. The van der Waals surface area contributed by atoms with E-state index in [0.29, 0.717) is 17.6 Å². The van der Waals surface area contributed by atoms with E-state index >= 15 is 0 Å². The lowest BCUT2D eigenvalue weighted by atomic mass is 9.94. The monoisotopic (exact) mass is 262 g/mol. The van der Waals surface area contributed by atoms with Crippen LogP contribution in [-0.4, -0.2) is 21.7 Å². The summed E-state index contributed by atoms with van der Waals surface area (Å²) in [6, 6.07) is 3.85. The van der Waals surface area contributed by atoms with Crippen molar-refractivity contribution < 1.29 is 4.52 Å². The van der Waals surface area contributed by atoms with E-state index in [2.05, 4.69) is 22.0 Å². The first-order valence-electron chi connectivity index (χ1n) is 7.00. The zero-order valence-corrected chi connectivity index (χ0v) is 11.4. The minimum atomic E-state index is 0.630. The molecule has 0 aliphatic carbocycles. The van der Waals surface area contributed by atoms with Gasteiger partial charge in [0.1, 0.15) is 0 Å². The van der Waals surface area contributed by atoms with Gasteiger partial charge in [0.15, 0.2) is 0 Å². The summed E-state index contributed by atoms with van der Waals surface area (Å²) in [6.45, 7) is 2.96. The molecule has 0 aliphatic heterocycles. The summed E-state index contributed by atoms with van der Waals surface area (Å²) in [5.41, 5.74) is 6.53. The van der Waals surface area contributed by atoms with Gasteiger partial charge < -0.3 is 15.2 Å². The first-order valence-corrected chi connectivity index (χ1v) is 7.00. The van der Waals surface area contributed by atoms with E-state index in [1.165, 1.54) is 12.8 Å². The summed E-state index contributed by atoms with van der Waals surface area (Å²) in [5.74, 6) is 2.00. The Kier molecular flexibility index (Phi) is 5.15. The first kappa shape index (κ1) is 13.8. The second-order valence-corrected chi connectivity index (χ2v) is 4.87. The predicted molar refractivity (Wildman–Crippen MR) is 74.5 cm³/mol. The maximum atomic E-state index is 5.64. The second-order valence-electron chi connectivity index (χ2n) is 4.87. The lowest BCUT2D eigenvalue weighted by molar-refractivity contribution is 0.349. The van der Waals surface area contributed by atoms with E-state index in [1.54, 1.807) is 0 Å². The van der Waals surface area contributed by atoms with Gasteiger partial charge in [-0.1, -0.05) is 24.9 Å². The molecule has 0 saturated heterocycles. The van der Waals surface area contributed by atoms with Gasteiger partial charge in [-0.15, -0.1) is 0 Å². The fourth-order valence-corrected chi connectivity index (χ4v) is 2.34. The molecule has 5 heteroatoms. The van der Waals surface area contributed by atoms with Crippen LogP contribution in [0.5, 0.6) is 0 Å². The van der Waals surface area contributed by atoms with Crippen molar-refractivity contribution in [2.45, 2.75) is 39.0 Å². The number of nitrogens with zero attached hydrogens (tertiary/aromatic N) is 2. The third kappa shape index (κ3) is 3.92. The Morgan fingerprint density at radius 3 is 2.95 bits per heavy atom. The third-order valence-electron chi connectivity index (χ3n) is 3.35. The number of hydrogen-bond acceptors (Lipinski definition) is 4. The highest BCUT2D eigenvalue weighted by Crippen LogP contribution is 2.19. The average molecular weight is 262 g/mol. The summed E-state index contributed by atoms with van der Waals surface area (Å²) in [4.78, 5) is 7.48. The van der Waals surface area contributed by atoms with Crippen molar-refractivity contribution in [1.82, 2.24) is 15.1 Å². The second kappa shape index (κ2) is 7.09. The molecule has 2 heterocycles.